The Morgan fingerprint density at radius 2 is 1.48 bits per heavy atom. The van der Waals surface area contributed by atoms with E-state index in [2.05, 4.69) is 10.6 Å². The van der Waals surface area contributed by atoms with Crippen molar-refractivity contribution in [3.63, 3.8) is 0 Å². The molecule has 2 rings (SSSR count). The predicted octanol–water partition coefficient (Wildman–Crippen LogP) is 3.66. The number of amides is 3. The standard InChI is InChI=1S/C20H23N3O4/c1-14(2)23(13-12-18(24)25)19(26)15-8-10-17(11-9-15)22-20(27)21-16-6-4-3-5-7-16/h3-11,14H,12-13H2,1-2H3,(H,24,25)(H2,21,22,27). The lowest BCUT2D eigenvalue weighted by Gasteiger charge is -2.26. The summed E-state index contributed by atoms with van der Waals surface area (Å²) in [5, 5.41) is 14.2. The quantitative estimate of drug-likeness (QED) is 0.694. The summed E-state index contributed by atoms with van der Waals surface area (Å²) in [5.41, 5.74) is 1.65. The molecule has 0 saturated heterocycles. The number of anilines is 2. The second-order valence-electron chi connectivity index (χ2n) is 6.26. The SMILES string of the molecule is CC(C)N(CCC(=O)O)C(=O)c1ccc(NC(=O)Nc2ccccc2)cc1. The molecule has 3 amide bonds. The lowest BCUT2D eigenvalue weighted by Crippen LogP contribution is -2.38. The first-order valence-corrected chi connectivity index (χ1v) is 8.62. The summed E-state index contributed by atoms with van der Waals surface area (Å²) in [6.07, 6.45) is -0.108. The minimum absolute atomic E-state index is 0.108. The van der Waals surface area contributed by atoms with Crippen LogP contribution in [0.1, 0.15) is 30.6 Å². The van der Waals surface area contributed by atoms with Gasteiger partial charge in [-0.05, 0) is 50.2 Å². The van der Waals surface area contributed by atoms with Crippen LogP contribution in [0.15, 0.2) is 54.6 Å². The molecule has 0 spiro atoms. The van der Waals surface area contributed by atoms with E-state index in [1.165, 1.54) is 4.90 Å². The van der Waals surface area contributed by atoms with Crippen molar-refractivity contribution in [2.24, 2.45) is 0 Å². The van der Waals surface area contributed by atoms with Gasteiger partial charge in [0.05, 0.1) is 6.42 Å². The number of benzene rings is 2. The first kappa shape index (κ1) is 20.0. The molecule has 142 valence electrons. The van der Waals surface area contributed by atoms with Crippen molar-refractivity contribution in [1.29, 1.82) is 0 Å². The molecule has 0 aromatic heterocycles. The highest BCUT2D eigenvalue weighted by molar-refractivity contribution is 6.00. The first-order chi connectivity index (χ1) is 12.9. The summed E-state index contributed by atoms with van der Waals surface area (Å²) >= 11 is 0. The van der Waals surface area contributed by atoms with E-state index < -0.39 is 5.97 Å². The van der Waals surface area contributed by atoms with E-state index in [0.717, 1.165) is 0 Å². The van der Waals surface area contributed by atoms with Crippen molar-refractivity contribution in [2.45, 2.75) is 26.3 Å². The van der Waals surface area contributed by atoms with E-state index in [9.17, 15) is 14.4 Å². The molecule has 7 heteroatoms. The highest BCUT2D eigenvalue weighted by Gasteiger charge is 2.19. The van der Waals surface area contributed by atoms with Gasteiger partial charge in [-0.2, -0.15) is 0 Å². The first-order valence-electron chi connectivity index (χ1n) is 8.62. The number of hydrogen-bond donors (Lipinski definition) is 3. The molecule has 3 N–H and O–H groups in total. The Labute approximate surface area is 158 Å². The lowest BCUT2D eigenvalue weighted by molar-refractivity contribution is -0.137. The second kappa shape index (κ2) is 9.38. The van der Waals surface area contributed by atoms with E-state index in [1.54, 1.807) is 36.4 Å². The van der Waals surface area contributed by atoms with Crippen molar-refractivity contribution in [3.8, 4) is 0 Å². The molecular weight excluding hydrogens is 346 g/mol. The summed E-state index contributed by atoms with van der Waals surface area (Å²) in [4.78, 5) is 36.9. The molecule has 0 bridgehead atoms. The van der Waals surface area contributed by atoms with Crippen LogP contribution < -0.4 is 10.6 Å². The van der Waals surface area contributed by atoms with Gasteiger partial charge in [0.2, 0.25) is 0 Å². The number of urea groups is 1. The van der Waals surface area contributed by atoms with Gasteiger partial charge in [0.25, 0.3) is 5.91 Å². The Kier molecular flexibility index (Phi) is 6.93. The Bertz CT molecular complexity index is 789. The minimum Gasteiger partial charge on any atom is -0.481 e. The summed E-state index contributed by atoms with van der Waals surface area (Å²) in [7, 11) is 0. The van der Waals surface area contributed by atoms with Gasteiger partial charge in [0.15, 0.2) is 0 Å². The number of carboxylic acid groups (broad SMARTS) is 1. The smallest absolute Gasteiger partial charge is 0.323 e. The van der Waals surface area contributed by atoms with E-state index in [4.69, 9.17) is 5.11 Å². The van der Waals surface area contributed by atoms with Crippen LogP contribution >= 0.6 is 0 Å². The fourth-order valence-electron chi connectivity index (χ4n) is 2.49. The molecule has 0 aliphatic heterocycles. The average Bonchev–Trinajstić information content (AvgIpc) is 2.62. The van der Waals surface area contributed by atoms with Crippen molar-refractivity contribution in [1.82, 2.24) is 4.90 Å². The van der Waals surface area contributed by atoms with Crippen LogP contribution in [0.5, 0.6) is 0 Å². The molecular formula is C20H23N3O4. The normalized spacial score (nSPS) is 10.3. The molecule has 0 unspecified atom stereocenters. The minimum atomic E-state index is -0.947. The molecule has 0 fully saturated rings. The van der Waals surface area contributed by atoms with Gasteiger partial charge in [0.1, 0.15) is 0 Å². The van der Waals surface area contributed by atoms with Crippen molar-refractivity contribution in [3.05, 3.63) is 60.2 Å². The zero-order chi connectivity index (χ0) is 19.8. The van der Waals surface area contributed by atoms with Gasteiger partial charge in [-0.25, -0.2) is 4.79 Å². The third-order valence-electron chi connectivity index (χ3n) is 3.87. The summed E-state index contributed by atoms with van der Waals surface area (Å²) in [6.45, 7) is 3.82. The monoisotopic (exact) mass is 369 g/mol. The zero-order valence-corrected chi connectivity index (χ0v) is 15.3. The number of para-hydroxylation sites is 1. The van der Waals surface area contributed by atoms with Crippen molar-refractivity contribution < 1.29 is 19.5 Å². The number of carboxylic acids is 1. The fourth-order valence-corrected chi connectivity index (χ4v) is 2.49. The van der Waals surface area contributed by atoms with E-state index in [-0.39, 0.29) is 30.9 Å². The van der Waals surface area contributed by atoms with Crippen LogP contribution in [0.4, 0.5) is 16.2 Å². The van der Waals surface area contributed by atoms with Crippen LogP contribution in [0.25, 0.3) is 0 Å². The van der Waals surface area contributed by atoms with Crippen LogP contribution in [-0.2, 0) is 4.79 Å². The Balaban J connectivity index is 1.99. The Hall–Kier alpha value is -3.35. The predicted molar refractivity (Wildman–Crippen MR) is 104 cm³/mol. The summed E-state index contributed by atoms with van der Waals surface area (Å²) in [5.74, 6) is -1.19. The highest BCUT2D eigenvalue weighted by Crippen LogP contribution is 2.14. The highest BCUT2D eigenvalue weighted by atomic mass is 16.4. The molecule has 0 aliphatic carbocycles. The topological polar surface area (TPSA) is 98.7 Å². The maximum absolute atomic E-state index is 12.6. The van der Waals surface area contributed by atoms with Crippen LogP contribution in [0.3, 0.4) is 0 Å². The van der Waals surface area contributed by atoms with Gasteiger partial charge in [-0.1, -0.05) is 18.2 Å². The third-order valence-corrected chi connectivity index (χ3v) is 3.87. The molecule has 2 aromatic carbocycles. The number of nitrogens with one attached hydrogen (secondary N) is 2. The maximum Gasteiger partial charge on any atom is 0.323 e. The van der Waals surface area contributed by atoms with Crippen molar-refractivity contribution in [2.75, 3.05) is 17.2 Å². The van der Waals surface area contributed by atoms with Crippen LogP contribution in [0, 0.1) is 0 Å². The Morgan fingerprint density at radius 3 is 2.00 bits per heavy atom. The largest absolute Gasteiger partial charge is 0.481 e. The van der Waals surface area contributed by atoms with Gasteiger partial charge in [0, 0.05) is 29.5 Å². The lowest BCUT2D eigenvalue weighted by atomic mass is 10.1. The van der Waals surface area contributed by atoms with Crippen molar-refractivity contribution >= 4 is 29.3 Å². The second-order valence-corrected chi connectivity index (χ2v) is 6.26. The average molecular weight is 369 g/mol. The van der Waals surface area contributed by atoms with Crippen LogP contribution in [0.2, 0.25) is 0 Å². The molecule has 7 nitrogen and oxygen atoms in total. The van der Waals surface area contributed by atoms with Gasteiger partial charge < -0.3 is 20.6 Å². The molecule has 2 aromatic rings. The van der Waals surface area contributed by atoms with Gasteiger partial charge in [-0.3, -0.25) is 9.59 Å². The number of hydrogen-bond acceptors (Lipinski definition) is 3. The number of rotatable bonds is 7. The number of aliphatic carboxylic acids is 1. The molecule has 0 radical (unpaired) electrons. The summed E-state index contributed by atoms with van der Waals surface area (Å²) < 4.78 is 0. The molecule has 0 aliphatic rings. The van der Waals surface area contributed by atoms with E-state index in [0.29, 0.717) is 16.9 Å². The van der Waals surface area contributed by atoms with Gasteiger partial charge >= 0.3 is 12.0 Å². The third kappa shape index (κ3) is 6.14. The van der Waals surface area contributed by atoms with E-state index in [1.807, 2.05) is 32.0 Å². The number of nitrogens with zero attached hydrogens (tertiary/aromatic N) is 1. The van der Waals surface area contributed by atoms with Gasteiger partial charge in [-0.15, -0.1) is 0 Å². The molecule has 0 saturated carbocycles. The Morgan fingerprint density at radius 1 is 0.926 bits per heavy atom. The maximum atomic E-state index is 12.6. The fraction of sp³-hybridized carbons (Fsp3) is 0.250. The van der Waals surface area contributed by atoms with Crippen LogP contribution in [-0.4, -0.2) is 40.5 Å². The molecule has 27 heavy (non-hydrogen) atoms. The molecule has 0 atom stereocenters. The number of carbonyl (C=O) groups is 3. The molecule has 0 heterocycles. The zero-order valence-electron chi connectivity index (χ0n) is 15.3. The van der Waals surface area contributed by atoms with E-state index >= 15 is 0 Å². The number of carbonyl (C=O) groups excluding carboxylic acids is 2. The summed E-state index contributed by atoms with van der Waals surface area (Å²) in [6, 6.07) is 15.0.